The maximum atomic E-state index is 14.0. The highest BCUT2D eigenvalue weighted by atomic mass is 19.1. The van der Waals surface area contributed by atoms with E-state index in [-0.39, 0.29) is 11.1 Å². The number of carbonyl (C=O) groups excluding carboxylic acids is 1. The fourth-order valence-corrected chi connectivity index (χ4v) is 4.49. The van der Waals surface area contributed by atoms with Crippen molar-refractivity contribution in [2.75, 3.05) is 26.7 Å². The van der Waals surface area contributed by atoms with Crippen LogP contribution in [0.2, 0.25) is 0 Å². The molecule has 1 spiro atoms. The molecule has 0 aromatic heterocycles. The van der Waals surface area contributed by atoms with Crippen LogP contribution in [0.15, 0.2) is 36.4 Å². The number of benzene rings is 2. The lowest BCUT2D eigenvalue weighted by Gasteiger charge is -2.43. The Hall–Kier alpha value is -2.65. The Kier molecular flexibility index (Phi) is 5.90. The van der Waals surface area contributed by atoms with E-state index < -0.39 is 47.1 Å². The van der Waals surface area contributed by atoms with E-state index in [1.165, 1.54) is 7.11 Å². The Bertz CT molecular complexity index is 887. The molecule has 166 valence electrons. The van der Waals surface area contributed by atoms with E-state index in [0.717, 1.165) is 36.4 Å². The molecule has 1 amide bonds. The van der Waals surface area contributed by atoms with Crippen molar-refractivity contribution in [2.24, 2.45) is 0 Å². The van der Waals surface area contributed by atoms with Crippen LogP contribution in [0.1, 0.15) is 29.9 Å². The number of piperidine rings is 1. The lowest BCUT2D eigenvalue weighted by atomic mass is 9.86. The Balaban J connectivity index is 1.68. The molecule has 5 nitrogen and oxygen atoms in total. The summed E-state index contributed by atoms with van der Waals surface area (Å²) in [4.78, 5) is 13.4. The summed E-state index contributed by atoms with van der Waals surface area (Å²) in [7, 11) is 1.44. The standard InChI is InChI=1S/C22H22F4N2O3/c1-30-20(28-4-2-22(3-5-28)12-27-21(29)31-22)19(13-6-15(23)10-16(24)7-13)14-8-17(25)11-18(26)9-14/h6-11,19-20H,2-5,12H2,1H3,(H,27,29). The van der Waals surface area contributed by atoms with Gasteiger partial charge in [-0.1, -0.05) is 0 Å². The first-order chi connectivity index (χ1) is 14.8. The molecule has 9 heteroatoms. The van der Waals surface area contributed by atoms with Crippen LogP contribution in [-0.2, 0) is 9.47 Å². The van der Waals surface area contributed by atoms with Gasteiger partial charge in [-0.05, 0) is 35.4 Å². The second-order valence-corrected chi connectivity index (χ2v) is 7.97. The SMILES string of the molecule is COC(C(c1cc(F)cc(F)c1)c1cc(F)cc(F)c1)N1CCC2(CC1)CNC(=O)O2. The van der Waals surface area contributed by atoms with Crippen molar-refractivity contribution in [3.05, 3.63) is 70.8 Å². The van der Waals surface area contributed by atoms with Gasteiger partial charge in [0.05, 0.1) is 6.54 Å². The zero-order chi connectivity index (χ0) is 22.2. The third-order valence-electron chi connectivity index (χ3n) is 5.95. The van der Waals surface area contributed by atoms with Crippen LogP contribution in [0.5, 0.6) is 0 Å². The molecule has 31 heavy (non-hydrogen) atoms. The van der Waals surface area contributed by atoms with Gasteiger partial charge in [0.1, 0.15) is 35.1 Å². The molecular formula is C22H22F4N2O3. The number of likely N-dealkylation sites (tertiary alicyclic amines) is 1. The van der Waals surface area contributed by atoms with Crippen molar-refractivity contribution < 1.29 is 31.8 Å². The van der Waals surface area contributed by atoms with Crippen molar-refractivity contribution in [1.29, 1.82) is 0 Å². The smallest absolute Gasteiger partial charge is 0.407 e. The van der Waals surface area contributed by atoms with E-state index in [2.05, 4.69) is 5.32 Å². The number of alkyl carbamates (subject to hydrolysis) is 1. The molecule has 2 fully saturated rings. The molecule has 2 saturated heterocycles. The minimum absolute atomic E-state index is 0.198. The number of methoxy groups -OCH3 is 1. The number of rotatable bonds is 5. The number of carbonyl (C=O) groups is 1. The van der Waals surface area contributed by atoms with Crippen molar-refractivity contribution in [1.82, 2.24) is 10.2 Å². The molecule has 2 aromatic carbocycles. The molecule has 0 bridgehead atoms. The Morgan fingerprint density at radius 3 is 1.81 bits per heavy atom. The summed E-state index contributed by atoms with van der Waals surface area (Å²) in [6, 6.07) is 6.02. The monoisotopic (exact) mass is 438 g/mol. The van der Waals surface area contributed by atoms with Gasteiger partial charge in [0.15, 0.2) is 0 Å². The summed E-state index contributed by atoms with van der Waals surface area (Å²) in [5.41, 5.74) is -0.204. The fourth-order valence-electron chi connectivity index (χ4n) is 4.49. The second-order valence-electron chi connectivity index (χ2n) is 7.97. The highest BCUT2D eigenvalue weighted by molar-refractivity contribution is 5.70. The van der Waals surface area contributed by atoms with Crippen molar-refractivity contribution >= 4 is 6.09 Å². The average Bonchev–Trinajstić information content (AvgIpc) is 3.05. The molecule has 1 unspecified atom stereocenters. The molecule has 2 heterocycles. The number of ether oxygens (including phenoxy) is 2. The highest BCUT2D eigenvalue weighted by Crippen LogP contribution is 2.37. The highest BCUT2D eigenvalue weighted by Gasteiger charge is 2.45. The maximum absolute atomic E-state index is 14.0. The summed E-state index contributed by atoms with van der Waals surface area (Å²) in [6.45, 7) is 1.32. The number of nitrogens with one attached hydrogen (secondary N) is 1. The van der Waals surface area contributed by atoms with Crippen molar-refractivity contribution in [3.63, 3.8) is 0 Å². The Morgan fingerprint density at radius 2 is 1.42 bits per heavy atom. The zero-order valence-corrected chi connectivity index (χ0v) is 16.8. The van der Waals surface area contributed by atoms with E-state index in [1.54, 1.807) is 0 Å². The van der Waals surface area contributed by atoms with Crippen LogP contribution >= 0.6 is 0 Å². The van der Waals surface area contributed by atoms with Gasteiger partial charge in [-0.25, -0.2) is 22.4 Å². The molecule has 4 rings (SSSR count). The number of amides is 1. The lowest BCUT2D eigenvalue weighted by molar-refractivity contribution is -0.0847. The third-order valence-corrected chi connectivity index (χ3v) is 5.95. The summed E-state index contributed by atoms with van der Waals surface area (Å²) in [6.07, 6.45) is -0.175. The van der Waals surface area contributed by atoms with Crippen LogP contribution < -0.4 is 5.32 Å². The van der Waals surface area contributed by atoms with Crippen LogP contribution in [0.25, 0.3) is 0 Å². The van der Waals surface area contributed by atoms with Crippen LogP contribution in [0, 0.1) is 23.3 Å². The normalized spacial score (nSPS) is 19.5. The van der Waals surface area contributed by atoms with Crippen LogP contribution in [-0.4, -0.2) is 49.6 Å². The minimum Gasteiger partial charge on any atom is -0.441 e. The lowest BCUT2D eigenvalue weighted by Crippen LogP contribution is -2.52. The van der Waals surface area contributed by atoms with Gasteiger partial charge in [0.25, 0.3) is 0 Å². The molecular weight excluding hydrogens is 416 g/mol. The van der Waals surface area contributed by atoms with E-state index in [4.69, 9.17) is 9.47 Å². The van der Waals surface area contributed by atoms with Crippen molar-refractivity contribution in [2.45, 2.75) is 30.6 Å². The summed E-state index contributed by atoms with van der Waals surface area (Å²) < 4.78 is 67.2. The van der Waals surface area contributed by atoms with Crippen LogP contribution in [0.4, 0.5) is 22.4 Å². The quantitative estimate of drug-likeness (QED) is 0.719. The Labute approximate surface area is 176 Å². The van der Waals surface area contributed by atoms with E-state index in [0.29, 0.717) is 32.5 Å². The number of hydrogen-bond acceptors (Lipinski definition) is 4. The number of hydrogen-bond donors (Lipinski definition) is 1. The van der Waals surface area contributed by atoms with E-state index in [9.17, 15) is 22.4 Å². The largest absolute Gasteiger partial charge is 0.441 e. The van der Waals surface area contributed by atoms with Gasteiger partial charge in [-0.3, -0.25) is 4.90 Å². The first kappa shape index (κ1) is 21.6. The summed E-state index contributed by atoms with van der Waals surface area (Å²) >= 11 is 0. The third kappa shape index (κ3) is 4.52. The van der Waals surface area contributed by atoms with Gasteiger partial charge in [0, 0.05) is 51.1 Å². The first-order valence-electron chi connectivity index (χ1n) is 9.94. The maximum Gasteiger partial charge on any atom is 0.407 e. The zero-order valence-electron chi connectivity index (χ0n) is 16.8. The molecule has 0 radical (unpaired) electrons. The van der Waals surface area contributed by atoms with Gasteiger partial charge >= 0.3 is 6.09 Å². The molecule has 2 aromatic rings. The summed E-state index contributed by atoms with van der Waals surface area (Å²) in [5.74, 6) is -4.05. The number of halogens is 4. The molecule has 2 aliphatic rings. The van der Waals surface area contributed by atoms with Gasteiger partial charge in [0.2, 0.25) is 0 Å². The molecule has 0 aliphatic carbocycles. The first-order valence-corrected chi connectivity index (χ1v) is 9.94. The molecule has 1 atom stereocenters. The van der Waals surface area contributed by atoms with Crippen molar-refractivity contribution in [3.8, 4) is 0 Å². The van der Waals surface area contributed by atoms with Gasteiger partial charge in [-0.2, -0.15) is 0 Å². The van der Waals surface area contributed by atoms with Gasteiger partial charge < -0.3 is 14.8 Å². The second kappa shape index (κ2) is 8.47. The van der Waals surface area contributed by atoms with E-state index >= 15 is 0 Å². The molecule has 0 saturated carbocycles. The average molecular weight is 438 g/mol. The molecule has 2 aliphatic heterocycles. The summed E-state index contributed by atoms with van der Waals surface area (Å²) in [5, 5.41) is 2.66. The predicted molar refractivity (Wildman–Crippen MR) is 103 cm³/mol. The minimum atomic E-state index is -0.862. The van der Waals surface area contributed by atoms with E-state index in [1.807, 2.05) is 4.90 Å². The fraction of sp³-hybridized carbons (Fsp3) is 0.409. The Morgan fingerprint density at radius 1 is 0.935 bits per heavy atom. The predicted octanol–water partition coefficient (Wildman–Crippen LogP) is 3.92. The molecule has 1 N–H and O–H groups in total. The number of nitrogens with zero attached hydrogens (tertiary/aromatic N) is 1. The topological polar surface area (TPSA) is 50.8 Å². The van der Waals surface area contributed by atoms with Crippen LogP contribution in [0.3, 0.4) is 0 Å². The van der Waals surface area contributed by atoms with Gasteiger partial charge in [-0.15, -0.1) is 0 Å².